The van der Waals surface area contributed by atoms with Gasteiger partial charge in [0.1, 0.15) is 16.9 Å². The molecular formula is C22H21ClN6O2. The van der Waals surface area contributed by atoms with Gasteiger partial charge in [-0.1, -0.05) is 61.9 Å². The predicted molar refractivity (Wildman–Crippen MR) is 117 cm³/mol. The first-order valence-corrected chi connectivity index (χ1v) is 10.4. The van der Waals surface area contributed by atoms with Gasteiger partial charge in [-0.25, -0.2) is 14.9 Å². The topological polar surface area (TPSA) is 120 Å². The van der Waals surface area contributed by atoms with Gasteiger partial charge >= 0.3 is 5.97 Å². The Bertz CT molecular complexity index is 1170. The average Bonchev–Trinajstić information content (AvgIpc) is 3.48. The van der Waals surface area contributed by atoms with Crippen LogP contribution < -0.4 is 0 Å². The Kier molecular flexibility index (Phi) is 6.08. The maximum Gasteiger partial charge on any atom is 0.354 e. The molecule has 0 spiro atoms. The lowest BCUT2D eigenvalue weighted by Gasteiger charge is -2.11. The lowest BCUT2D eigenvalue weighted by molar-refractivity contribution is 0.0689. The van der Waals surface area contributed by atoms with E-state index in [2.05, 4.69) is 37.5 Å². The molecule has 2 aromatic heterocycles. The summed E-state index contributed by atoms with van der Waals surface area (Å²) in [6.07, 6.45) is 2.61. The molecule has 2 aromatic carbocycles. The Morgan fingerprint density at radius 2 is 1.87 bits per heavy atom. The fourth-order valence-electron chi connectivity index (χ4n) is 3.45. The summed E-state index contributed by atoms with van der Waals surface area (Å²) in [7, 11) is 0. The first-order valence-electron chi connectivity index (χ1n) is 9.98. The molecule has 4 rings (SSSR count). The number of aryl methyl sites for hydroxylation is 1. The second kappa shape index (κ2) is 9.09. The molecule has 1 atom stereocenters. The lowest BCUT2D eigenvalue weighted by atomic mass is 9.97. The van der Waals surface area contributed by atoms with Gasteiger partial charge in [0.25, 0.3) is 0 Å². The number of aromatic nitrogens is 6. The Morgan fingerprint density at radius 3 is 2.52 bits per heavy atom. The minimum Gasteiger partial charge on any atom is -0.477 e. The molecule has 0 aliphatic rings. The van der Waals surface area contributed by atoms with Crippen molar-refractivity contribution < 1.29 is 9.90 Å². The molecule has 0 fully saturated rings. The number of carboxylic acid groups (broad SMARTS) is 1. The number of hydrogen-bond acceptors (Lipinski definition) is 5. The van der Waals surface area contributed by atoms with Crippen molar-refractivity contribution in [2.75, 3.05) is 0 Å². The van der Waals surface area contributed by atoms with E-state index in [1.807, 2.05) is 48.5 Å². The molecule has 8 nitrogen and oxygen atoms in total. The summed E-state index contributed by atoms with van der Waals surface area (Å²) in [5.41, 5.74) is 3.94. The summed E-state index contributed by atoms with van der Waals surface area (Å²) in [5.74, 6) is 0.158. The molecule has 3 N–H and O–H groups in total. The van der Waals surface area contributed by atoms with Gasteiger partial charge in [-0.15, -0.1) is 16.7 Å². The molecule has 0 aliphatic carbocycles. The van der Waals surface area contributed by atoms with Gasteiger partial charge in [0, 0.05) is 12.0 Å². The maximum absolute atomic E-state index is 11.7. The molecule has 0 bridgehead atoms. The van der Waals surface area contributed by atoms with E-state index in [0.717, 1.165) is 35.1 Å². The van der Waals surface area contributed by atoms with Crippen molar-refractivity contribution in [3.8, 4) is 22.5 Å². The number of tetrazole rings is 1. The molecule has 158 valence electrons. The van der Waals surface area contributed by atoms with E-state index in [4.69, 9.17) is 11.6 Å². The summed E-state index contributed by atoms with van der Waals surface area (Å²) in [4.78, 5) is 19.1. The summed E-state index contributed by atoms with van der Waals surface area (Å²) < 4.78 is 0. The van der Waals surface area contributed by atoms with Crippen LogP contribution in [0.3, 0.4) is 0 Å². The predicted octanol–water partition coefficient (Wildman–Crippen LogP) is 4.63. The van der Waals surface area contributed by atoms with Crippen molar-refractivity contribution in [1.29, 1.82) is 0 Å². The van der Waals surface area contributed by atoms with E-state index in [1.165, 1.54) is 0 Å². The van der Waals surface area contributed by atoms with Crippen LogP contribution in [0.2, 0.25) is 0 Å². The SMILES string of the molecule is CCCCc1nc(C(Cl)c2ccc(-c3ccccc3-c3nnn[nH]3)cc2)c(C(=O)O)[nH]1. The van der Waals surface area contributed by atoms with E-state index in [0.29, 0.717) is 23.8 Å². The Hall–Kier alpha value is -3.52. The van der Waals surface area contributed by atoms with E-state index in [9.17, 15) is 9.90 Å². The molecular weight excluding hydrogens is 416 g/mol. The van der Waals surface area contributed by atoms with Crippen LogP contribution in [0.5, 0.6) is 0 Å². The zero-order chi connectivity index (χ0) is 21.8. The second-order valence-electron chi connectivity index (χ2n) is 7.13. The number of imidazole rings is 1. The van der Waals surface area contributed by atoms with Gasteiger partial charge in [0.15, 0.2) is 5.82 Å². The molecule has 2 heterocycles. The highest BCUT2D eigenvalue weighted by atomic mass is 35.5. The van der Waals surface area contributed by atoms with E-state index in [1.54, 1.807) is 0 Å². The van der Waals surface area contributed by atoms with Gasteiger partial charge in [-0.2, -0.15) is 0 Å². The van der Waals surface area contributed by atoms with Crippen LogP contribution in [-0.2, 0) is 6.42 Å². The van der Waals surface area contributed by atoms with Gasteiger partial charge in [-0.3, -0.25) is 0 Å². The number of carboxylic acids is 1. The molecule has 0 saturated carbocycles. The largest absolute Gasteiger partial charge is 0.477 e. The van der Waals surface area contributed by atoms with Gasteiger partial charge < -0.3 is 10.1 Å². The first kappa shape index (κ1) is 20.7. The van der Waals surface area contributed by atoms with Crippen LogP contribution in [0.4, 0.5) is 0 Å². The quantitative estimate of drug-likeness (QED) is 0.346. The molecule has 4 aromatic rings. The summed E-state index contributed by atoms with van der Waals surface area (Å²) in [5, 5.41) is 23.0. The van der Waals surface area contributed by atoms with Crippen molar-refractivity contribution in [2.45, 2.75) is 31.6 Å². The molecule has 0 saturated heterocycles. The van der Waals surface area contributed by atoms with E-state index in [-0.39, 0.29) is 5.69 Å². The van der Waals surface area contributed by atoms with Crippen LogP contribution >= 0.6 is 11.6 Å². The van der Waals surface area contributed by atoms with Crippen molar-refractivity contribution in [3.63, 3.8) is 0 Å². The molecule has 9 heteroatoms. The number of nitrogens with zero attached hydrogens (tertiary/aromatic N) is 4. The standard InChI is InChI=1S/C22H21ClN6O2/c1-2-3-8-17-24-19(20(25-17)22(30)31)18(23)14-11-9-13(10-12-14)15-6-4-5-7-16(15)21-26-28-29-27-21/h4-7,9-12,18H,2-3,8H2,1H3,(H,24,25)(H,30,31)(H,26,27,28,29). The molecule has 1 unspecified atom stereocenters. The Balaban J connectivity index is 1.64. The minimum atomic E-state index is -1.07. The van der Waals surface area contributed by atoms with Gasteiger partial charge in [0.05, 0.1) is 5.69 Å². The molecule has 0 amide bonds. The van der Waals surface area contributed by atoms with Crippen LogP contribution in [0.15, 0.2) is 48.5 Å². The van der Waals surface area contributed by atoms with Crippen LogP contribution in [0, 0.1) is 0 Å². The number of aromatic carboxylic acids is 1. The number of unbranched alkanes of at least 4 members (excludes halogenated alkanes) is 1. The highest BCUT2D eigenvalue weighted by molar-refractivity contribution is 6.23. The van der Waals surface area contributed by atoms with E-state index < -0.39 is 11.3 Å². The molecule has 31 heavy (non-hydrogen) atoms. The smallest absolute Gasteiger partial charge is 0.354 e. The Labute approximate surface area is 183 Å². The first-order chi connectivity index (χ1) is 15.1. The van der Waals surface area contributed by atoms with Gasteiger partial charge in [-0.05, 0) is 33.5 Å². The number of hydrogen-bond donors (Lipinski definition) is 3. The van der Waals surface area contributed by atoms with Crippen LogP contribution in [0.1, 0.15) is 52.7 Å². The Morgan fingerprint density at radius 1 is 1.13 bits per heavy atom. The zero-order valence-corrected chi connectivity index (χ0v) is 17.6. The van der Waals surface area contributed by atoms with E-state index >= 15 is 0 Å². The second-order valence-corrected chi connectivity index (χ2v) is 7.57. The monoisotopic (exact) mass is 436 g/mol. The minimum absolute atomic E-state index is 0.0401. The van der Waals surface area contributed by atoms with Crippen molar-refractivity contribution >= 4 is 17.6 Å². The van der Waals surface area contributed by atoms with Crippen molar-refractivity contribution in [2.24, 2.45) is 0 Å². The third kappa shape index (κ3) is 4.34. The summed E-state index contributed by atoms with van der Waals surface area (Å²) in [6.45, 7) is 2.07. The molecule has 0 radical (unpaired) electrons. The lowest BCUT2D eigenvalue weighted by Crippen LogP contribution is -2.05. The maximum atomic E-state index is 11.7. The number of halogens is 1. The fraction of sp³-hybridized carbons (Fsp3) is 0.227. The van der Waals surface area contributed by atoms with Crippen molar-refractivity contribution in [3.05, 3.63) is 71.3 Å². The summed E-state index contributed by atoms with van der Waals surface area (Å²) in [6, 6.07) is 15.4. The third-order valence-electron chi connectivity index (χ3n) is 5.04. The normalized spacial score (nSPS) is 12.1. The number of benzene rings is 2. The van der Waals surface area contributed by atoms with Crippen molar-refractivity contribution in [1.82, 2.24) is 30.6 Å². The zero-order valence-electron chi connectivity index (χ0n) is 16.8. The highest BCUT2D eigenvalue weighted by Gasteiger charge is 2.24. The van der Waals surface area contributed by atoms with Crippen LogP contribution in [0.25, 0.3) is 22.5 Å². The van der Waals surface area contributed by atoms with Crippen LogP contribution in [-0.4, -0.2) is 41.7 Å². The average molecular weight is 437 g/mol. The number of carbonyl (C=O) groups is 1. The third-order valence-corrected chi connectivity index (χ3v) is 5.50. The summed E-state index contributed by atoms with van der Waals surface area (Å²) >= 11 is 6.66. The number of aromatic amines is 2. The number of H-pyrrole nitrogens is 2. The fourth-order valence-corrected chi connectivity index (χ4v) is 3.75. The number of alkyl halides is 1. The van der Waals surface area contributed by atoms with Gasteiger partial charge in [0.2, 0.25) is 0 Å². The number of rotatable bonds is 8. The number of nitrogens with one attached hydrogen (secondary N) is 2. The molecule has 0 aliphatic heterocycles. The highest BCUT2D eigenvalue weighted by Crippen LogP contribution is 2.34.